The molecule has 0 aliphatic carbocycles. The maximum Gasteiger partial charge on any atom is 0.226 e. The summed E-state index contributed by atoms with van der Waals surface area (Å²) >= 11 is 0. The summed E-state index contributed by atoms with van der Waals surface area (Å²) in [6.07, 6.45) is 0.451. The predicted octanol–water partition coefficient (Wildman–Crippen LogP) is 2.13. The second-order valence-corrected chi connectivity index (χ2v) is 5.22. The molecule has 1 amide bonds. The molecule has 4 nitrogen and oxygen atoms in total. The van der Waals surface area contributed by atoms with Crippen LogP contribution in [0.1, 0.15) is 31.7 Å². The van der Waals surface area contributed by atoms with Crippen molar-refractivity contribution in [2.45, 2.75) is 32.2 Å². The van der Waals surface area contributed by atoms with Gasteiger partial charge in [-0.05, 0) is 17.5 Å². The lowest BCUT2D eigenvalue weighted by atomic mass is 10.0. The number of ether oxygens (including phenoxy) is 1. The highest BCUT2D eigenvalue weighted by Gasteiger charge is 2.17. The normalized spacial score (nSPS) is 19.4. The Kier molecular flexibility index (Phi) is 4.93. The molecule has 1 saturated heterocycles. The minimum absolute atomic E-state index is 0.0381. The van der Waals surface area contributed by atoms with Crippen molar-refractivity contribution in [3.05, 3.63) is 29.8 Å². The Bertz CT molecular complexity index is 426. The van der Waals surface area contributed by atoms with Crippen LogP contribution < -0.4 is 10.6 Å². The van der Waals surface area contributed by atoms with Crippen LogP contribution in [-0.2, 0) is 9.53 Å². The Balaban J connectivity index is 1.94. The summed E-state index contributed by atoms with van der Waals surface area (Å²) < 4.78 is 5.35. The molecule has 1 fully saturated rings. The van der Waals surface area contributed by atoms with Crippen LogP contribution in [0.3, 0.4) is 0 Å². The summed E-state index contributed by atoms with van der Waals surface area (Å²) in [5, 5.41) is 6.29. The van der Waals surface area contributed by atoms with Gasteiger partial charge in [0, 0.05) is 24.7 Å². The molecule has 0 radical (unpaired) electrons. The van der Waals surface area contributed by atoms with Gasteiger partial charge in [0.25, 0.3) is 0 Å². The Morgan fingerprint density at radius 1 is 1.47 bits per heavy atom. The Labute approximate surface area is 114 Å². The van der Waals surface area contributed by atoms with E-state index in [1.54, 1.807) is 0 Å². The molecule has 1 atom stereocenters. The molecule has 0 saturated carbocycles. The number of para-hydroxylation sites is 1. The van der Waals surface area contributed by atoms with Crippen LogP contribution in [0, 0.1) is 0 Å². The monoisotopic (exact) mass is 262 g/mol. The lowest BCUT2D eigenvalue weighted by molar-refractivity contribution is -0.117. The number of amides is 1. The fourth-order valence-corrected chi connectivity index (χ4v) is 2.29. The van der Waals surface area contributed by atoms with Crippen molar-refractivity contribution in [3.63, 3.8) is 0 Å². The Hall–Kier alpha value is -1.39. The molecule has 1 unspecified atom stereocenters. The molecule has 0 aromatic heterocycles. The van der Waals surface area contributed by atoms with E-state index < -0.39 is 0 Å². The van der Waals surface area contributed by atoms with Crippen molar-refractivity contribution in [1.29, 1.82) is 0 Å². The maximum atomic E-state index is 12.0. The average molecular weight is 262 g/mol. The summed E-state index contributed by atoms with van der Waals surface area (Å²) in [5.74, 6) is 0.434. The van der Waals surface area contributed by atoms with E-state index in [0.717, 1.165) is 18.8 Å². The van der Waals surface area contributed by atoms with Gasteiger partial charge in [-0.1, -0.05) is 32.0 Å². The first-order valence-electron chi connectivity index (χ1n) is 6.86. The van der Waals surface area contributed by atoms with E-state index in [0.29, 0.717) is 18.9 Å². The highest BCUT2D eigenvalue weighted by atomic mass is 16.5. The molecule has 2 rings (SSSR count). The van der Waals surface area contributed by atoms with Gasteiger partial charge < -0.3 is 15.4 Å². The number of benzene rings is 1. The van der Waals surface area contributed by atoms with Crippen molar-refractivity contribution in [2.24, 2.45) is 0 Å². The van der Waals surface area contributed by atoms with E-state index in [1.807, 2.05) is 18.2 Å². The van der Waals surface area contributed by atoms with E-state index in [-0.39, 0.29) is 11.9 Å². The number of hydrogen-bond donors (Lipinski definition) is 2. The Morgan fingerprint density at radius 2 is 2.26 bits per heavy atom. The van der Waals surface area contributed by atoms with E-state index >= 15 is 0 Å². The minimum atomic E-state index is 0.0381. The highest BCUT2D eigenvalue weighted by molar-refractivity contribution is 5.92. The van der Waals surface area contributed by atoms with E-state index in [9.17, 15) is 4.79 Å². The molecule has 1 aliphatic rings. The summed E-state index contributed by atoms with van der Waals surface area (Å²) in [6, 6.07) is 8.09. The molecule has 1 heterocycles. The largest absolute Gasteiger partial charge is 0.378 e. The van der Waals surface area contributed by atoms with Gasteiger partial charge in [0.05, 0.1) is 13.2 Å². The van der Waals surface area contributed by atoms with Crippen LogP contribution in [-0.4, -0.2) is 31.7 Å². The van der Waals surface area contributed by atoms with E-state index in [1.165, 1.54) is 5.56 Å². The number of rotatable bonds is 4. The number of nitrogens with one attached hydrogen (secondary N) is 2. The third-order valence-electron chi connectivity index (χ3n) is 3.29. The van der Waals surface area contributed by atoms with Gasteiger partial charge in [0.2, 0.25) is 5.91 Å². The molecule has 104 valence electrons. The summed E-state index contributed by atoms with van der Waals surface area (Å²) in [5.41, 5.74) is 2.09. The van der Waals surface area contributed by atoms with Crippen molar-refractivity contribution in [3.8, 4) is 0 Å². The first-order chi connectivity index (χ1) is 9.16. The molecule has 1 aliphatic heterocycles. The molecule has 0 spiro atoms. The van der Waals surface area contributed by atoms with Gasteiger partial charge in [0.1, 0.15) is 0 Å². The van der Waals surface area contributed by atoms with Gasteiger partial charge in [-0.25, -0.2) is 0 Å². The number of carbonyl (C=O) groups is 1. The summed E-state index contributed by atoms with van der Waals surface area (Å²) in [4.78, 5) is 12.0. The quantitative estimate of drug-likeness (QED) is 0.874. The maximum absolute atomic E-state index is 12.0. The zero-order chi connectivity index (χ0) is 13.7. The third-order valence-corrected chi connectivity index (χ3v) is 3.29. The lowest BCUT2D eigenvalue weighted by Gasteiger charge is -2.23. The fourth-order valence-electron chi connectivity index (χ4n) is 2.29. The first kappa shape index (κ1) is 14.0. The predicted molar refractivity (Wildman–Crippen MR) is 76.4 cm³/mol. The third kappa shape index (κ3) is 4.04. The van der Waals surface area contributed by atoms with Gasteiger partial charge in [-0.15, -0.1) is 0 Å². The minimum Gasteiger partial charge on any atom is -0.378 e. The summed E-state index contributed by atoms with van der Waals surface area (Å²) in [7, 11) is 0. The van der Waals surface area contributed by atoms with Crippen molar-refractivity contribution >= 4 is 11.6 Å². The first-order valence-corrected chi connectivity index (χ1v) is 6.86. The van der Waals surface area contributed by atoms with E-state index in [2.05, 4.69) is 30.5 Å². The second-order valence-electron chi connectivity index (χ2n) is 5.22. The number of morpholine rings is 1. The van der Waals surface area contributed by atoms with Gasteiger partial charge in [0.15, 0.2) is 0 Å². The molecule has 4 heteroatoms. The van der Waals surface area contributed by atoms with Gasteiger partial charge >= 0.3 is 0 Å². The van der Waals surface area contributed by atoms with Crippen LogP contribution in [0.5, 0.6) is 0 Å². The van der Waals surface area contributed by atoms with Gasteiger partial charge in [-0.2, -0.15) is 0 Å². The molecule has 0 bridgehead atoms. The average Bonchev–Trinajstić information content (AvgIpc) is 2.40. The van der Waals surface area contributed by atoms with Crippen LogP contribution in [0.25, 0.3) is 0 Å². The second kappa shape index (κ2) is 6.68. The van der Waals surface area contributed by atoms with Crippen LogP contribution >= 0.6 is 0 Å². The Morgan fingerprint density at radius 3 is 2.95 bits per heavy atom. The van der Waals surface area contributed by atoms with Crippen LogP contribution in [0.15, 0.2) is 24.3 Å². The molecular weight excluding hydrogens is 240 g/mol. The highest BCUT2D eigenvalue weighted by Crippen LogP contribution is 2.23. The smallest absolute Gasteiger partial charge is 0.226 e. The molecule has 19 heavy (non-hydrogen) atoms. The fraction of sp³-hybridized carbons (Fsp3) is 0.533. The molecular formula is C15H22N2O2. The molecule has 2 N–H and O–H groups in total. The van der Waals surface area contributed by atoms with Crippen LogP contribution in [0.4, 0.5) is 5.69 Å². The topological polar surface area (TPSA) is 50.4 Å². The number of anilines is 1. The van der Waals surface area contributed by atoms with Crippen molar-refractivity contribution < 1.29 is 9.53 Å². The van der Waals surface area contributed by atoms with Crippen LogP contribution in [0.2, 0.25) is 0 Å². The molecule has 1 aromatic rings. The van der Waals surface area contributed by atoms with Crippen molar-refractivity contribution in [2.75, 3.05) is 25.1 Å². The number of carbonyl (C=O) groups excluding carboxylic acids is 1. The zero-order valence-corrected chi connectivity index (χ0v) is 11.6. The molecule has 1 aromatic carbocycles. The summed E-state index contributed by atoms with van der Waals surface area (Å²) in [6.45, 7) is 6.41. The van der Waals surface area contributed by atoms with Gasteiger partial charge in [-0.3, -0.25) is 4.79 Å². The number of hydrogen-bond acceptors (Lipinski definition) is 3. The van der Waals surface area contributed by atoms with Crippen molar-refractivity contribution in [1.82, 2.24) is 5.32 Å². The zero-order valence-electron chi connectivity index (χ0n) is 11.6. The SMILES string of the molecule is CC(C)c1ccccc1NC(=O)CC1COCCN1. The standard InChI is InChI=1S/C15H22N2O2/c1-11(2)13-5-3-4-6-14(13)17-15(18)9-12-10-19-8-7-16-12/h3-6,11-12,16H,7-10H2,1-2H3,(H,17,18). The van der Waals surface area contributed by atoms with E-state index in [4.69, 9.17) is 4.74 Å². The lowest BCUT2D eigenvalue weighted by Crippen LogP contribution is -2.43.